The molecule has 0 radical (unpaired) electrons. The molecule has 0 aromatic heterocycles. The van der Waals surface area contributed by atoms with Crippen LogP contribution in [0.25, 0.3) is 0 Å². The first kappa shape index (κ1) is 20.6. The lowest BCUT2D eigenvalue weighted by atomic mass is 9.79. The molecule has 0 unspecified atom stereocenters. The maximum absolute atomic E-state index is 12.9. The molecule has 2 N–H and O–H groups in total. The van der Waals surface area contributed by atoms with Crippen molar-refractivity contribution >= 4 is 16.2 Å². The van der Waals surface area contributed by atoms with Gasteiger partial charge >= 0.3 is 12.1 Å². The van der Waals surface area contributed by atoms with Crippen molar-refractivity contribution in [3.8, 4) is 0 Å². The maximum atomic E-state index is 12.9. The van der Waals surface area contributed by atoms with E-state index in [9.17, 15) is 26.4 Å². The molecule has 6 nitrogen and oxygen atoms in total. The molecule has 0 amide bonds. The summed E-state index contributed by atoms with van der Waals surface area (Å²) in [7, 11) is -4.19. The molecule has 29 heavy (non-hydrogen) atoms. The zero-order valence-corrected chi connectivity index (χ0v) is 16.5. The first-order valence-electron chi connectivity index (χ1n) is 9.67. The summed E-state index contributed by atoms with van der Waals surface area (Å²) in [6.07, 6.45) is -1.44. The van der Waals surface area contributed by atoms with Gasteiger partial charge in [0, 0.05) is 13.0 Å². The highest BCUT2D eigenvalue weighted by Crippen LogP contribution is 2.50. The average molecular weight is 432 g/mol. The van der Waals surface area contributed by atoms with Gasteiger partial charge in [-0.1, -0.05) is 18.2 Å². The number of halogens is 3. The minimum Gasteiger partial charge on any atom is -0.481 e. The number of nitrogens with zero attached hydrogens (tertiary/aromatic N) is 1. The number of fused-ring (bicyclic) bond motifs is 1. The SMILES string of the molecule is O=C(O)CCc1ccc2c(c1)C[C@@H]1CC[C@H](C2)[C@]12CN(CC(F)(F)F)S(=O)(=O)N2. The monoisotopic (exact) mass is 432 g/mol. The van der Waals surface area contributed by atoms with E-state index in [1.54, 1.807) is 0 Å². The van der Waals surface area contributed by atoms with Gasteiger partial charge in [-0.25, -0.2) is 0 Å². The normalized spacial score (nSPS) is 31.0. The van der Waals surface area contributed by atoms with Crippen molar-refractivity contribution in [3.05, 3.63) is 34.9 Å². The van der Waals surface area contributed by atoms with E-state index in [0.29, 0.717) is 23.6 Å². The van der Waals surface area contributed by atoms with E-state index >= 15 is 0 Å². The van der Waals surface area contributed by atoms with Gasteiger partial charge < -0.3 is 5.11 Å². The van der Waals surface area contributed by atoms with Crippen LogP contribution in [0.5, 0.6) is 0 Å². The molecule has 1 saturated carbocycles. The lowest BCUT2D eigenvalue weighted by Gasteiger charge is -2.33. The molecular weight excluding hydrogens is 409 g/mol. The molecule has 1 aromatic carbocycles. The Morgan fingerprint density at radius 1 is 1.21 bits per heavy atom. The summed E-state index contributed by atoms with van der Waals surface area (Å²) in [5.74, 6) is -1.02. The van der Waals surface area contributed by atoms with E-state index in [2.05, 4.69) is 4.72 Å². The second kappa shape index (κ2) is 6.95. The lowest BCUT2D eigenvalue weighted by Crippen LogP contribution is -2.52. The summed E-state index contributed by atoms with van der Waals surface area (Å²) < 4.78 is 66.9. The molecule has 4 rings (SSSR count). The van der Waals surface area contributed by atoms with Gasteiger partial charge in [0.25, 0.3) is 10.2 Å². The van der Waals surface area contributed by atoms with Crippen LogP contribution in [0.3, 0.4) is 0 Å². The number of carboxylic acid groups (broad SMARTS) is 1. The topological polar surface area (TPSA) is 86.7 Å². The molecule has 1 aliphatic heterocycles. The third-order valence-electron chi connectivity index (χ3n) is 6.60. The van der Waals surface area contributed by atoms with Crippen molar-refractivity contribution < 1.29 is 31.5 Å². The number of hydrogen-bond donors (Lipinski definition) is 2. The highest BCUT2D eigenvalue weighted by molar-refractivity contribution is 7.87. The third-order valence-corrected chi connectivity index (χ3v) is 8.18. The van der Waals surface area contributed by atoms with Crippen LogP contribution in [0.15, 0.2) is 18.2 Å². The standard InChI is InChI=1S/C19H23F3N2O4S/c20-19(21,22)11-24-10-18(23-29(24,27)28)15-4-5-16(18)9-14-7-12(2-6-17(25)26)1-3-13(14)8-15/h1,3,7,15-16,23H,2,4-6,8-11H2,(H,25,26)/t15-,16+,18-/m1/s1. The summed E-state index contributed by atoms with van der Waals surface area (Å²) in [4.78, 5) is 10.8. The molecule has 1 heterocycles. The summed E-state index contributed by atoms with van der Waals surface area (Å²) in [5, 5.41) is 8.89. The van der Waals surface area contributed by atoms with E-state index in [-0.39, 0.29) is 24.8 Å². The third kappa shape index (κ3) is 3.89. The Morgan fingerprint density at radius 2 is 1.86 bits per heavy atom. The maximum Gasteiger partial charge on any atom is 0.402 e. The van der Waals surface area contributed by atoms with Gasteiger partial charge in [0.15, 0.2) is 0 Å². The highest BCUT2D eigenvalue weighted by atomic mass is 32.2. The molecule has 160 valence electrons. The number of carbonyl (C=O) groups is 1. The second-order valence-electron chi connectivity index (χ2n) is 8.41. The summed E-state index contributed by atoms with van der Waals surface area (Å²) in [6, 6.07) is 5.82. The molecule has 1 saturated heterocycles. The van der Waals surface area contributed by atoms with Crippen LogP contribution in [0, 0.1) is 11.8 Å². The van der Waals surface area contributed by atoms with Crippen LogP contribution >= 0.6 is 0 Å². The van der Waals surface area contributed by atoms with Crippen molar-refractivity contribution in [3.63, 3.8) is 0 Å². The number of aliphatic carboxylic acids is 1. The van der Waals surface area contributed by atoms with Gasteiger partial charge in [-0.2, -0.15) is 30.6 Å². The van der Waals surface area contributed by atoms with Crippen LogP contribution in [-0.2, 0) is 34.3 Å². The first-order chi connectivity index (χ1) is 13.5. The van der Waals surface area contributed by atoms with Crippen molar-refractivity contribution in [1.29, 1.82) is 0 Å². The molecule has 3 aliphatic rings. The summed E-state index contributed by atoms with van der Waals surface area (Å²) in [5.41, 5.74) is 2.14. The predicted molar refractivity (Wildman–Crippen MR) is 98.4 cm³/mol. The number of hydrogen-bond acceptors (Lipinski definition) is 3. The molecule has 3 atom stereocenters. The molecule has 1 aromatic rings. The molecule has 10 heteroatoms. The van der Waals surface area contributed by atoms with Crippen LogP contribution in [0.1, 0.15) is 36.0 Å². The van der Waals surface area contributed by atoms with Gasteiger partial charge in [-0.05, 0) is 60.6 Å². The smallest absolute Gasteiger partial charge is 0.402 e. The van der Waals surface area contributed by atoms with Gasteiger partial charge in [0.05, 0.1) is 5.54 Å². The number of carboxylic acids is 1. The van der Waals surface area contributed by atoms with E-state index in [0.717, 1.165) is 29.5 Å². The predicted octanol–water partition coefficient (Wildman–Crippen LogP) is 2.28. The van der Waals surface area contributed by atoms with E-state index in [1.807, 2.05) is 18.2 Å². The second-order valence-corrected chi connectivity index (χ2v) is 10.1. The van der Waals surface area contributed by atoms with Gasteiger partial charge in [-0.15, -0.1) is 0 Å². The van der Waals surface area contributed by atoms with Gasteiger partial charge in [0.2, 0.25) is 0 Å². The minimum absolute atomic E-state index is 0.0287. The zero-order valence-electron chi connectivity index (χ0n) is 15.7. The van der Waals surface area contributed by atoms with Crippen LogP contribution in [-0.4, -0.2) is 48.6 Å². The molecule has 1 spiro atoms. The Bertz CT molecular complexity index is 934. The number of nitrogens with one attached hydrogen (secondary N) is 1. The van der Waals surface area contributed by atoms with Crippen molar-refractivity contribution in [2.75, 3.05) is 13.1 Å². The number of rotatable bonds is 4. The van der Waals surface area contributed by atoms with Crippen molar-refractivity contribution in [1.82, 2.24) is 9.03 Å². The molecule has 2 aliphatic carbocycles. The Hall–Kier alpha value is -1.65. The van der Waals surface area contributed by atoms with Crippen molar-refractivity contribution in [2.45, 2.75) is 50.2 Å². The summed E-state index contributed by atoms with van der Waals surface area (Å²) in [6.45, 7) is -1.64. The summed E-state index contributed by atoms with van der Waals surface area (Å²) >= 11 is 0. The van der Waals surface area contributed by atoms with E-state index < -0.39 is 34.4 Å². The van der Waals surface area contributed by atoms with Crippen LogP contribution < -0.4 is 4.72 Å². The zero-order chi connectivity index (χ0) is 21.0. The van der Waals surface area contributed by atoms with E-state index in [4.69, 9.17) is 5.11 Å². The quantitative estimate of drug-likeness (QED) is 0.764. The molecule has 2 fully saturated rings. The number of aryl methyl sites for hydroxylation is 1. The minimum atomic E-state index is -4.59. The number of alkyl halides is 3. The van der Waals surface area contributed by atoms with Crippen LogP contribution in [0.2, 0.25) is 0 Å². The van der Waals surface area contributed by atoms with Gasteiger partial charge in [-0.3, -0.25) is 4.79 Å². The largest absolute Gasteiger partial charge is 0.481 e. The fraction of sp³-hybridized carbons (Fsp3) is 0.632. The van der Waals surface area contributed by atoms with Crippen LogP contribution in [0.4, 0.5) is 13.2 Å². The Morgan fingerprint density at radius 3 is 2.48 bits per heavy atom. The average Bonchev–Trinajstić information content (AvgIpc) is 2.97. The fourth-order valence-corrected chi connectivity index (χ4v) is 7.01. The van der Waals surface area contributed by atoms with Crippen molar-refractivity contribution in [2.24, 2.45) is 11.8 Å². The number of benzene rings is 1. The Balaban J connectivity index is 1.61. The first-order valence-corrected chi connectivity index (χ1v) is 11.1. The molecule has 2 bridgehead atoms. The fourth-order valence-electron chi connectivity index (χ4n) is 5.30. The Kier molecular flexibility index (Phi) is 4.94. The molecular formula is C19H23F3N2O4S. The van der Waals surface area contributed by atoms with Gasteiger partial charge in [0.1, 0.15) is 6.54 Å². The Labute approximate surface area is 167 Å². The van der Waals surface area contributed by atoms with E-state index in [1.165, 1.54) is 0 Å². The lowest BCUT2D eigenvalue weighted by molar-refractivity contribution is -0.137. The highest BCUT2D eigenvalue weighted by Gasteiger charge is 2.60.